The van der Waals surface area contributed by atoms with Gasteiger partial charge in [-0.05, 0) is 31.2 Å². The molecule has 4 nitrogen and oxygen atoms in total. The first-order valence-electron chi connectivity index (χ1n) is 5.67. The number of hydrogen-bond acceptors (Lipinski definition) is 3. The monoisotopic (exact) mass is 344 g/mol. The molecule has 1 aliphatic heterocycles. The molecule has 1 N–H and O–H groups in total. The lowest BCUT2D eigenvalue weighted by Gasteiger charge is -2.19. The summed E-state index contributed by atoms with van der Waals surface area (Å²) in [6, 6.07) is 4.38. The zero-order valence-electron chi connectivity index (χ0n) is 10.1. The Morgan fingerprint density at radius 1 is 1.05 bits per heavy atom. The van der Waals surface area contributed by atoms with Crippen LogP contribution in [0.1, 0.15) is 6.42 Å². The lowest BCUT2D eigenvalue weighted by atomic mass is 10.4. The van der Waals surface area contributed by atoms with E-state index in [9.17, 15) is 8.42 Å². The molecule has 2 rings (SSSR count). The lowest BCUT2D eigenvalue weighted by molar-refractivity contribution is 0.432. The van der Waals surface area contributed by atoms with Crippen LogP contribution in [0.15, 0.2) is 23.1 Å². The number of benzene rings is 1. The Balaban J connectivity index is 0.00000180. The quantitative estimate of drug-likeness (QED) is 0.895. The minimum Gasteiger partial charge on any atom is -0.315 e. The predicted molar refractivity (Wildman–Crippen MR) is 80.0 cm³/mol. The molecule has 1 aromatic rings. The highest BCUT2D eigenvalue weighted by atomic mass is 35.5. The van der Waals surface area contributed by atoms with Gasteiger partial charge in [-0.15, -0.1) is 12.4 Å². The second-order valence-corrected chi connectivity index (χ2v) is 6.92. The van der Waals surface area contributed by atoms with Crippen LogP contribution >= 0.6 is 35.6 Å². The Morgan fingerprint density at radius 2 is 1.68 bits per heavy atom. The molecule has 0 saturated carbocycles. The Labute approximate surface area is 129 Å². The standard InChI is InChI=1S/C11H14Cl2N2O2S.ClH/c12-9-6-10(13)8-11(7-9)18(16,17)15-4-1-2-14-3-5-15;/h6-8,14H,1-5H2;1H. The number of rotatable bonds is 2. The molecule has 0 aromatic heterocycles. The van der Waals surface area contributed by atoms with Crippen LogP contribution in [-0.4, -0.2) is 38.9 Å². The molecule has 1 saturated heterocycles. The summed E-state index contributed by atoms with van der Waals surface area (Å²) >= 11 is 11.7. The second-order valence-electron chi connectivity index (χ2n) is 4.11. The average molecular weight is 346 g/mol. The Morgan fingerprint density at radius 3 is 2.32 bits per heavy atom. The Hall–Kier alpha value is -0.0400. The van der Waals surface area contributed by atoms with Gasteiger partial charge in [-0.25, -0.2) is 8.42 Å². The Kier molecular flexibility index (Phi) is 6.36. The maximum absolute atomic E-state index is 12.4. The summed E-state index contributed by atoms with van der Waals surface area (Å²) in [7, 11) is -3.51. The van der Waals surface area contributed by atoms with Crippen molar-refractivity contribution in [2.45, 2.75) is 11.3 Å². The minimum absolute atomic E-state index is 0. The summed E-state index contributed by atoms with van der Waals surface area (Å²) in [6.07, 6.45) is 0.799. The van der Waals surface area contributed by atoms with E-state index in [2.05, 4.69) is 5.32 Å². The topological polar surface area (TPSA) is 49.4 Å². The van der Waals surface area contributed by atoms with Crippen molar-refractivity contribution < 1.29 is 8.42 Å². The fraction of sp³-hybridized carbons (Fsp3) is 0.455. The van der Waals surface area contributed by atoms with Gasteiger partial charge < -0.3 is 5.32 Å². The van der Waals surface area contributed by atoms with Crippen molar-refractivity contribution in [3.63, 3.8) is 0 Å². The molecule has 0 amide bonds. The third kappa shape index (κ3) is 4.21. The van der Waals surface area contributed by atoms with Crippen molar-refractivity contribution >= 4 is 45.6 Å². The summed E-state index contributed by atoms with van der Waals surface area (Å²) in [4.78, 5) is 0.155. The van der Waals surface area contributed by atoms with Gasteiger partial charge in [0.2, 0.25) is 10.0 Å². The van der Waals surface area contributed by atoms with Gasteiger partial charge in [-0.1, -0.05) is 23.2 Å². The first-order valence-corrected chi connectivity index (χ1v) is 7.87. The highest BCUT2D eigenvalue weighted by Crippen LogP contribution is 2.25. The van der Waals surface area contributed by atoms with E-state index < -0.39 is 10.0 Å². The van der Waals surface area contributed by atoms with Crippen molar-refractivity contribution in [1.29, 1.82) is 0 Å². The molecule has 0 aliphatic carbocycles. The van der Waals surface area contributed by atoms with Crippen LogP contribution in [0.25, 0.3) is 0 Å². The van der Waals surface area contributed by atoms with E-state index in [-0.39, 0.29) is 17.3 Å². The number of nitrogens with zero attached hydrogens (tertiary/aromatic N) is 1. The smallest absolute Gasteiger partial charge is 0.243 e. The van der Waals surface area contributed by atoms with Crippen LogP contribution < -0.4 is 5.32 Å². The van der Waals surface area contributed by atoms with Crippen LogP contribution in [0.3, 0.4) is 0 Å². The molecule has 0 spiro atoms. The number of halogens is 3. The summed E-state index contributed by atoms with van der Waals surface area (Å²) in [6.45, 7) is 2.47. The van der Waals surface area contributed by atoms with E-state index in [4.69, 9.17) is 23.2 Å². The maximum atomic E-state index is 12.4. The van der Waals surface area contributed by atoms with Crippen LogP contribution in [0.2, 0.25) is 10.0 Å². The molecule has 19 heavy (non-hydrogen) atoms. The maximum Gasteiger partial charge on any atom is 0.243 e. The van der Waals surface area contributed by atoms with Gasteiger partial charge in [-0.3, -0.25) is 0 Å². The number of hydrogen-bond donors (Lipinski definition) is 1. The molecule has 0 bridgehead atoms. The second kappa shape index (κ2) is 7.11. The highest BCUT2D eigenvalue weighted by Gasteiger charge is 2.25. The van der Waals surface area contributed by atoms with E-state index in [1.807, 2.05) is 0 Å². The molecule has 1 aliphatic rings. The van der Waals surface area contributed by atoms with Gasteiger partial charge in [0.1, 0.15) is 0 Å². The summed E-state index contributed by atoms with van der Waals surface area (Å²) in [5.41, 5.74) is 0. The van der Waals surface area contributed by atoms with Crippen LogP contribution in [0.4, 0.5) is 0 Å². The van der Waals surface area contributed by atoms with Gasteiger partial charge in [-0.2, -0.15) is 4.31 Å². The summed E-state index contributed by atoms with van der Waals surface area (Å²) in [5, 5.41) is 3.82. The fourth-order valence-corrected chi connectivity index (χ4v) is 4.09. The summed E-state index contributed by atoms with van der Waals surface area (Å²) < 4.78 is 26.3. The van der Waals surface area contributed by atoms with Gasteiger partial charge in [0.15, 0.2) is 0 Å². The van der Waals surface area contributed by atoms with Crippen LogP contribution in [-0.2, 0) is 10.0 Å². The van der Waals surface area contributed by atoms with Crippen molar-refractivity contribution in [2.75, 3.05) is 26.2 Å². The first kappa shape index (κ1) is 17.0. The van der Waals surface area contributed by atoms with E-state index in [0.717, 1.165) is 13.0 Å². The summed E-state index contributed by atoms with van der Waals surface area (Å²) in [5.74, 6) is 0. The number of nitrogens with one attached hydrogen (secondary N) is 1. The minimum atomic E-state index is -3.51. The normalized spacial score (nSPS) is 17.6. The van der Waals surface area contributed by atoms with Crippen molar-refractivity contribution in [3.05, 3.63) is 28.2 Å². The zero-order valence-corrected chi connectivity index (χ0v) is 13.2. The highest BCUT2D eigenvalue weighted by molar-refractivity contribution is 7.89. The third-order valence-corrected chi connectivity index (χ3v) is 5.09. The third-order valence-electron chi connectivity index (χ3n) is 2.77. The molecule has 8 heteroatoms. The first-order chi connectivity index (χ1) is 8.50. The van der Waals surface area contributed by atoms with Gasteiger partial charge >= 0.3 is 0 Å². The van der Waals surface area contributed by atoms with E-state index in [1.54, 1.807) is 0 Å². The molecule has 108 valence electrons. The molecular weight excluding hydrogens is 331 g/mol. The van der Waals surface area contributed by atoms with Crippen molar-refractivity contribution in [3.8, 4) is 0 Å². The van der Waals surface area contributed by atoms with E-state index >= 15 is 0 Å². The van der Waals surface area contributed by atoms with Crippen LogP contribution in [0, 0.1) is 0 Å². The van der Waals surface area contributed by atoms with Crippen LogP contribution in [0.5, 0.6) is 0 Å². The van der Waals surface area contributed by atoms with Gasteiger partial charge in [0, 0.05) is 29.7 Å². The van der Waals surface area contributed by atoms with E-state index in [1.165, 1.54) is 22.5 Å². The largest absolute Gasteiger partial charge is 0.315 e. The predicted octanol–water partition coefficient (Wildman–Crippen LogP) is 2.40. The molecule has 1 fully saturated rings. The fourth-order valence-electron chi connectivity index (χ4n) is 1.89. The molecular formula is C11H15Cl3N2O2S. The Bertz CT molecular complexity index is 508. The molecule has 1 aromatic carbocycles. The lowest BCUT2D eigenvalue weighted by Crippen LogP contribution is -2.34. The number of sulfonamides is 1. The molecule has 1 heterocycles. The van der Waals surface area contributed by atoms with Gasteiger partial charge in [0.25, 0.3) is 0 Å². The average Bonchev–Trinajstić information content (AvgIpc) is 2.56. The van der Waals surface area contributed by atoms with E-state index in [0.29, 0.717) is 29.7 Å². The van der Waals surface area contributed by atoms with Gasteiger partial charge in [0.05, 0.1) is 4.90 Å². The van der Waals surface area contributed by atoms with Crippen molar-refractivity contribution in [2.24, 2.45) is 0 Å². The molecule has 0 atom stereocenters. The molecule has 0 unspecified atom stereocenters. The molecule has 0 radical (unpaired) electrons. The SMILES string of the molecule is Cl.O=S(=O)(c1cc(Cl)cc(Cl)c1)N1CCCNCC1. The zero-order chi connectivity index (χ0) is 13.2. The van der Waals surface area contributed by atoms with Crippen molar-refractivity contribution in [1.82, 2.24) is 9.62 Å².